The number of anilines is 1. The van der Waals surface area contributed by atoms with Crippen molar-refractivity contribution in [3.8, 4) is 6.07 Å². The maximum atomic E-state index is 11.1. The predicted octanol–water partition coefficient (Wildman–Crippen LogP) is 3.09. The largest absolute Gasteiger partial charge is 0.478 e. The van der Waals surface area contributed by atoms with Crippen LogP contribution in [0.25, 0.3) is 0 Å². The van der Waals surface area contributed by atoms with Crippen molar-refractivity contribution >= 4 is 17.4 Å². The Hall–Kier alpha value is -3.13. The maximum Gasteiger partial charge on any atom is 0.337 e. The van der Waals surface area contributed by atoms with Crippen LogP contribution in [0.15, 0.2) is 53.6 Å². The molecule has 2 N–H and O–H groups in total. The van der Waals surface area contributed by atoms with Gasteiger partial charge in [0, 0.05) is 0 Å². The summed E-state index contributed by atoms with van der Waals surface area (Å²) in [5, 5.41) is 22.1. The first-order valence-corrected chi connectivity index (χ1v) is 6.25. The van der Waals surface area contributed by atoms with E-state index in [9.17, 15) is 4.79 Å². The van der Waals surface area contributed by atoms with Gasteiger partial charge in [-0.15, -0.1) is 0 Å². The molecule has 0 aliphatic heterocycles. The van der Waals surface area contributed by atoms with E-state index in [-0.39, 0.29) is 5.56 Å². The van der Waals surface area contributed by atoms with Crippen LogP contribution in [0.5, 0.6) is 0 Å². The van der Waals surface area contributed by atoms with E-state index >= 15 is 0 Å². The van der Waals surface area contributed by atoms with Crippen LogP contribution in [0.2, 0.25) is 0 Å². The van der Waals surface area contributed by atoms with Crippen molar-refractivity contribution < 1.29 is 9.90 Å². The van der Waals surface area contributed by atoms with E-state index in [0.717, 1.165) is 5.56 Å². The van der Waals surface area contributed by atoms with E-state index in [1.165, 1.54) is 6.07 Å². The fourth-order valence-corrected chi connectivity index (χ4v) is 1.79. The molecule has 0 radical (unpaired) electrons. The van der Waals surface area contributed by atoms with E-state index in [0.29, 0.717) is 17.0 Å². The number of hydrazone groups is 1. The highest BCUT2D eigenvalue weighted by atomic mass is 16.4. The fourth-order valence-electron chi connectivity index (χ4n) is 1.79. The quantitative estimate of drug-likeness (QED) is 0.665. The van der Waals surface area contributed by atoms with Crippen LogP contribution < -0.4 is 5.43 Å². The van der Waals surface area contributed by atoms with Crippen molar-refractivity contribution in [3.05, 3.63) is 65.2 Å². The van der Waals surface area contributed by atoms with Gasteiger partial charge in [0.05, 0.1) is 28.6 Å². The van der Waals surface area contributed by atoms with Gasteiger partial charge in [0.15, 0.2) is 0 Å². The number of nitrogens with one attached hydrogen (secondary N) is 1. The lowest BCUT2D eigenvalue weighted by Gasteiger charge is -2.06. The molecule has 21 heavy (non-hydrogen) atoms. The number of rotatable bonds is 4. The van der Waals surface area contributed by atoms with Crippen LogP contribution in [0.3, 0.4) is 0 Å². The SMILES string of the molecule is C/C(=N\Nc1ccccc1C(=O)O)c1cccc(C#N)c1. The number of carbonyl (C=O) groups is 1. The molecule has 0 spiro atoms. The molecule has 0 heterocycles. The third kappa shape index (κ3) is 3.45. The molecular weight excluding hydrogens is 266 g/mol. The molecule has 0 aliphatic rings. The predicted molar refractivity (Wildman–Crippen MR) is 80.4 cm³/mol. The standard InChI is InChI=1S/C16H13N3O2/c1-11(13-6-4-5-12(9-13)10-17)18-19-15-8-3-2-7-14(15)16(20)21/h2-9,19H,1H3,(H,20,21)/b18-11+. The van der Waals surface area contributed by atoms with E-state index in [1.807, 2.05) is 6.07 Å². The number of para-hydroxylation sites is 1. The number of hydrogen-bond donors (Lipinski definition) is 2. The lowest BCUT2D eigenvalue weighted by Crippen LogP contribution is -2.04. The molecule has 0 atom stereocenters. The van der Waals surface area contributed by atoms with Gasteiger partial charge in [0.25, 0.3) is 0 Å². The third-order valence-electron chi connectivity index (χ3n) is 2.91. The van der Waals surface area contributed by atoms with Gasteiger partial charge in [-0.05, 0) is 36.8 Å². The average molecular weight is 279 g/mol. The molecular formula is C16H13N3O2. The third-order valence-corrected chi connectivity index (χ3v) is 2.91. The molecule has 2 aromatic carbocycles. The van der Waals surface area contributed by atoms with Crippen molar-refractivity contribution in [1.82, 2.24) is 0 Å². The highest BCUT2D eigenvalue weighted by molar-refractivity contribution is 6.00. The maximum absolute atomic E-state index is 11.1. The number of nitrogens with zero attached hydrogens (tertiary/aromatic N) is 2. The van der Waals surface area contributed by atoms with Gasteiger partial charge in [-0.25, -0.2) is 4.79 Å². The Kier molecular flexibility index (Phi) is 4.32. The highest BCUT2D eigenvalue weighted by Gasteiger charge is 2.08. The minimum Gasteiger partial charge on any atom is -0.478 e. The van der Waals surface area contributed by atoms with E-state index < -0.39 is 5.97 Å². The fraction of sp³-hybridized carbons (Fsp3) is 0.0625. The van der Waals surface area contributed by atoms with Crippen molar-refractivity contribution in [2.24, 2.45) is 5.10 Å². The Balaban J connectivity index is 2.25. The summed E-state index contributed by atoms with van der Waals surface area (Å²) in [4.78, 5) is 11.1. The summed E-state index contributed by atoms with van der Waals surface area (Å²) in [6.07, 6.45) is 0. The number of carboxylic acids is 1. The van der Waals surface area contributed by atoms with Crippen LogP contribution in [-0.4, -0.2) is 16.8 Å². The molecule has 0 aliphatic carbocycles. The zero-order valence-corrected chi connectivity index (χ0v) is 11.4. The van der Waals surface area contributed by atoms with Gasteiger partial charge < -0.3 is 5.11 Å². The number of benzene rings is 2. The average Bonchev–Trinajstić information content (AvgIpc) is 2.52. The second-order valence-corrected chi connectivity index (χ2v) is 4.35. The first-order valence-electron chi connectivity index (χ1n) is 6.25. The van der Waals surface area contributed by atoms with Crippen molar-refractivity contribution in [3.63, 3.8) is 0 Å². The Morgan fingerprint density at radius 3 is 2.71 bits per heavy atom. The lowest BCUT2D eigenvalue weighted by atomic mass is 10.1. The molecule has 5 heteroatoms. The van der Waals surface area contributed by atoms with E-state index in [1.54, 1.807) is 43.3 Å². The first-order chi connectivity index (χ1) is 10.1. The Morgan fingerprint density at radius 2 is 2.00 bits per heavy atom. The summed E-state index contributed by atoms with van der Waals surface area (Å²) in [5.74, 6) is -1.02. The van der Waals surface area contributed by atoms with Crippen LogP contribution in [0.1, 0.15) is 28.4 Å². The summed E-state index contributed by atoms with van der Waals surface area (Å²) in [6, 6.07) is 15.7. The summed E-state index contributed by atoms with van der Waals surface area (Å²) in [6.45, 7) is 1.78. The Labute approximate surface area is 122 Å². The Morgan fingerprint density at radius 1 is 1.24 bits per heavy atom. The van der Waals surface area contributed by atoms with Crippen LogP contribution in [-0.2, 0) is 0 Å². The van der Waals surface area contributed by atoms with Gasteiger partial charge in [0.1, 0.15) is 0 Å². The summed E-state index contributed by atoms with van der Waals surface area (Å²) >= 11 is 0. The van der Waals surface area contributed by atoms with Crippen molar-refractivity contribution in [1.29, 1.82) is 5.26 Å². The highest BCUT2D eigenvalue weighted by Crippen LogP contribution is 2.15. The van der Waals surface area contributed by atoms with E-state index in [4.69, 9.17) is 10.4 Å². The molecule has 0 aromatic heterocycles. The molecule has 0 saturated carbocycles. The number of nitriles is 1. The van der Waals surface area contributed by atoms with Gasteiger partial charge >= 0.3 is 5.97 Å². The zero-order valence-electron chi connectivity index (χ0n) is 11.4. The Bertz CT molecular complexity index is 745. The summed E-state index contributed by atoms with van der Waals surface area (Å²) < 4.78 is 0. The minimum absolute atomic E-state index is 0.153. The zero-order chi connectivity index (χ0) is 15.2. The monoisotopic (exact) mass is 279 g/mol. The van der Waals surface area contributed by atoms with Crippen LogP contribution in [0.4, 0.5) is 5.69 Å². The number of aromatic carboxylic acids is 1. The molecule has 104 valence electrons. The van der Waals surface area contributed by atoms with Crippen LogP contribution in [0, 0.1) is 11.3 Å². The van der Waals surface area contributed by atoms with Crippen molar-refractivity contribution in [2.45, 2.75) is 6.92 Å². The molecule has 0 fully saturated rings. The topological polar surface area (TPSA) is 85.5 Å². The number of hydrogen-bond acceptors (Lipinski definition) is 4. The molecule has 2 aromatic rings. The molecule has 5 nitrogen and oxygen atoms in total. The van der Waals surface area contributed by atoms with Gasteiger partial charge in [-0.1, -0.05) is 24.3 Å². The van der Waals surface area contributed by atoms with Gasteiger partial charge in [-0.3, -0.25) is 5.43 Å². The second kappa shape index (κ2) is 6.35. The number of carboxylic acid groups (broad SMARTS) is 1. The van der Waals surface area contributed by atoms with Gasteiger partial charge in [-0.2, -0.15) is 10.4 Å². The summed E-state index contributed by atoms with van der Waals surface area (Å²) in [7, 11) is 0. The minimum atomic E-state index is -1.02. The molecule has 0 bridgehead atoms. The molecule has 0 unspecified atom stereocenters. The lowest BCUT2D eigenvalue weighted by molar-refractivity contribution is 0.0698. The van der Waals surface area contributed by atoms with Crippen molar-refractivity contribution in [2.75, 3.05) is 5.43 Å². The summed E-state index contributed by atoms with van der Waals surface area (Å²) in [5.41, 5.74) is 5.33. The molecule has 2 rings (SSSR count). The normalized spacial score (nSPS) is 10.8. The smallest absolute Gasteiger partial charge is 0.337 e. The first kappa shape index (κ1) is 14.3. The molecule has 0 saturated heterocycles. The second-order valence-electron chi connectivity index (χ2n) is 4.35. The molecule has 0 amide bonds. The van der Waals surface area contributed by atoms with Crippen LogP contribution >= 0.6 is 0 Å². The van der Waals surface area contributed by atoms with Gasteiger partial charge in [0.2, 0.25) is 0 Å². The van der Waals surface area contributed by atoms with E-state index in [2.05, 4.69) is 16.6 Å².